The van der Waals surface area contributed by atoms with E-state index in [1.165, 1.54) is 0 Å². The van der Waals surface area contributed by atoms with Gasteiger partial charge in [0.2, 0.25) is 11.8 Å². The highest BCUT2D eigenvalue weighted by Gasteiger charge is 2.42. The Hall–Kier alpha value is -1.07. The van der Waals surface area contributed by atoms with Crippen LogP contribution < -0.4 is 4.90 Å². The maximum absolute atomic E-state index is 12.6. The molecule has 1 unspecified atom stereocenters. The molecule has 106 valence electrons. The van der Waals surface area contributed by atoms with E-state index in [-0.39, 0.29) is 24.4 Å². The van der Waals surface area contributed by atoms with Crippen molar-refractivity contribution in [2.75, 3.05) is 18.0 Å². The Labute approximate surface area is 130 Å². The largest absolute Gasteiger partial charge is 0.329 e. The third-order valence-corrected chi connectivity index (χ3v) is 4.98. The molecule has 2 heterocycles. The molecule has 0 N–H and O–H groups in total. The van der Waals surface area contributed by atoms with E-state index in [2.05, 4.69) is 15.9 Å². The van der Waals surface area contributed by atoms with Gasteiger partial charge in [-0.15, -0.1) is 0 Å². The number of carbonyl (C=O) groups is 2. The average molecular weight is 358 g/mol. The van der Waals surface area contributed by atoms with Gasteiger partial charge in [0.15, 0.2) is 0 Å². The quantitative estimate of drug-likeness (QED) is 0.775. The summed E-state index contributed by atoms with van der Waals surface area (Å²) >= 11 is 9.61. The number of halogens is 2. The maximum atomic E-state index is 12.6. The molecule has 2 fully saturated rings. The molecule has 1 aromatic rings. The Morgan fingerprint density at radius 2 is 2.10 bits per heavy atom. The molecule has 1 aromatic carbocycles. The highest BCUT2D eigenvalue weighted by Crippen LogP contribution is 2.35. The lowest BCUT2D eigenvalue weighted by molar-refractivity contribution is -0.140. The molecule has 2 aliphatic heterocycles. The predicted molar refractivity (Wildman–Crippen MR) is 81.0 cm³/mol. The van der Waals surface area contributed by atoms with Gasteiger partial charge in [-0.1, -0.05) is 11.6 Å². The molecule has 3 rings (SSSR count). The predicted octanol–water partition coefficient (Wildman–Crippen LogP) is 2.75. The van der Waals surface area contributed by atoms with E-state index in [1.807, 2.05) is 13.0 Å². The third-order valence-electron chi connectivity index (χ3n) is 3.94. The molecule has 0 spiro atoms. The second kappa shape index (κ2) is 5.04. The molecule has 2 saturated heterocycles. The molecule has 6 heteroatoms. The maximum Gasteiger partial charge on any atom is 0.250 e. The number of nitrogens with zero attached hydrogens (tertiary/aromatic N) is 2. The number of rotatable bonds is 1. The lowest BCUT2D eigenvalue weighted by Gasteiger charge is -2.36. The van der Waals surface area contributed by atoms with Gasteiger partial charge >= 0.3 is 0 Å². The summed E-state index contributed by atoms with van der Waals surface area (Å²) < 4.78 is 0.784. The minimum atomic E-state index is -0.303. The lowest BCUT2D eigenvalue weighted by atomic mass is 10.1. The highest BCUT2D eigenvalue weighted by molar-refractivity contribution is 9.10. The van der Waals surface area contributed by atoms with E-state index in [9.17, 15) is 9.59 Å². The van der Waals surface area contributed by atoms with Gasteiger partial charge < -0.3 is 9.80 Å². The van der Waals surface area contributed by atoms with Crippen molar-refractivity contribution in [3.05, 3.63) is 27.2 Å². The zero-order valence-corrected chi connectivity index (χ0v) is 13.4. The molecule has 0 aromatic heterocycles. The van der Waals surface area contributed by atoms with E-state index < -0.39 is 0 Å². The van der Waals surface area contributed by atoms with Crippen LogP contribution in [0.1, 0.15) is 18.4 Å². The van der Waals surface area contributed by atoms with Gasteiger partial charge in [-0.25, -0.2) is 0 Å². The summed E-state index contributed by atoms with van der Waals surface area (Å²) in [5.74, 6) is -0.00147. The molecule has 0 radical (unpaired) electrons. The van der Waals surface area contributed by atoms with Crippen LogP contribution in [-0.4, -0.2) is 35.8 Å². The number of hydrogen-bond acceptors (Lipinski definition) is 2. The summed E-state index contributed by atoms with van der Waals surface area (Å²) in [6.07, 6.45) is 1.64. The lowest BCUT2D eigenvalue weighted by Crippen LogP contribution is -2.57. The first-order chi connectivity index (χ1) is 9.49. The van der Waals surface area contributed by atoms with Crippen molar-refractivity contribution in [2.24, 2.45) is 0 Å². The van der Waals surface area contributed by atoms with Crippen molar-refractivity contribution in [3.8, 4) is 0 Å². The third kappa shape index (κ3) is 2.13. The number of piperazine rings is 1. The molecule has 0 bridgehead atoms. The zero-order chi connectivity index (χ0) is 14.4. The molecule has 4 nitrogen and oxygen atoms in total. The summed E-state index contributed by atoms with van der Waals surface area (Å²) in [6.45, 7) is 2.69. The van der Waals surface area contributed by atoms with Crippen LogP contribution in [0.2, 0.25) is 5.02 Å². The van der Waals surface area contributed by atoms with Crippen molar-refractivity contribution in [3.63, 3.8) is 0 Å². The van der Waals surface area contributed by atoms with E-state index in [0.29, 0.717) is 17.3 Å². The van der Waals surface area contributed by atoms with Gasteiger partial charge in [-0.2, -0.15) is 0 Å². The smallest absolute Gasteiger partial charge is 0.250 e. The Morgan fingerprint density at radius 1 is 1.35 bits per heavy atom. The van der Waals surface area contributed by atoms with Crippen LogP contribution in [0.3, 0.4) is 0 Å². The second-order valence-electron chi connectivity index (χ2n) is 5.22. The molecule has 2 amide bonds. The first-order valence-electron chi connectivity index (χ1n) is 6.55. The summed E-state index contributed by atoms with van der Waals surface area (Å²) in [4.78, 5) is 28.0. The van der Waals surface area contributed by atoms with Gasteiger partial charge in [-0.3, -0.25) is 9.59 Å². The fourth-order valence-electron chi connectivity index (χ4n) is 2.85. The molecule has 20 heavy (non-hydrogen) atoms. The van der Waals surface area contributed by atoms with E-state index in [4.69, 9.17) is 11.6 Å². The molecule has 0 saturated carbocycles. The summed E-state index contributed by atoms with van der Waals surface area (Å²) in [7, 11) is 0. The average Bonchev–Trinajstić information content (AvgIpc) is 2.88. The number of fused-ring (bicyclic) bond motifs is 1. The van der Waals surface area contributed by atoms with Gasteiger partial charge in [0, 0.05) is 16.0 Å². The summed E-state index contributed by atoms with van der Waals surface area (Å²) in [5, 5.41) is 0.595. The van der Waals surface area contributed by atoms with Crippen molar-refractivity contribution in [2.45, 2.75) is 25.8 Å². The summed E-state index contributed by atoms with van der Waals surface area (Å²) in [6, 6.07) is 3.32. The number of amides is 2. The molecule has 1 atom stereocenters. The zero-order valence-electron chi connectivity index (χ0n) is 11.0. The fraction of sp³-hybridized carbons (Fsp3) is 0.429. The standard InChI is InChI=1S/C14H14BrClN2O2/c1-8-5-9(15)12(6-10(8)16)18-7-13(19)17-4-2-3-11(17)14(18)20/h5-6,11H,2-4,7H2,1H3. The van der Waals surface area contributed by atoms with Gasteiger partial charge in [0.25, 0.3) is 0 Å². The number of benzene rings is 1. The van der Waals surface area contributed by atoms with Crippen LogP contribution >= 0.6 is 27.5 Å². The Kier molecular flexibility index (Phi) is 3.50. The monoisotopic (exact) mass is 356 g/mol. The van der Waals surface area contributed by atoms with Crippen molar-refractivity contribution in [1.82, 2.24) is 4.90 Å². The van der Waals surface area contributed by atoms with Gasteiger partial charge in [0.05, 0.1) is 5.69 Å². The molecule has 2 aliphatic rings. The van der Waals surface area contributed by atoms with Crippen LogP contribution in [0.5, 0.6) is 0 Å². The van der Waals surface area contributed by atoms with Crippen LogP contribution in [0.25, 0.3) is 0 Å². The van der Waals surface area contributed by atoms with Gasteiger partial charge in [0.1, 0.15) is 12.6 Å². The van der Waals surface area contributed by atoms with Crippen LogP contribution in [0.15, 0.2) is 16.6 Å². The van der Waals surface area contributed by atoms with Crippen LogP contribution in [0, 0.1) is 6.92 Å². The van der Waals surface area contributed by atoms with Crippen LogP contribution in [0.4, 0.5) is 5.69 Å². The Balaban J connectivity index is 2.00. The number of hydrogen-bond donors (Lipinski definition) is 0. The topological polar surface area (TPSA) is 40.6 Å². The van der Waals surface area contributed by atoms with Crippen molar-refractivity contribution in [1.29, 1.82) is 0 Å². The minimum Gasteiger partial charge on any atom is -0.329 e. The first kappa shape index (κ1) is 13.9. The number of anilines is 1. The molecular weight excluding hydrogens is 344 g/mol. The Bertz CT molecular complexity index is 605. The van der Waals surface area contributed by atoms with Crippen LogP contribution in [-0.2, 0) is 9.59 Å². The van der Waals surface area contributed by atoms with Crippen molar-refractivity contribution < 1.29 is 9.59 Å². The highest BCUT2D eigenvalue weighted by atomic mass is 79.9. The summed E-state index contributed by atoms with van der Waals surface area (Å²) in [5.41, 5.74) is 1.60. The second-order valence-corrected chi connectivity index (χ2v) is 6.48. The van der Waals surface area contributed by atoms with E-state index >= 15 is 0 Å². The Morgan fingerprint density at radius 3 is 2.85 bits per heavy atom. The van der Waals surface area contributed by atoms with E-state index in [1.54, 1.807) is 15.9 Å². The number of aryl methyl sites for hydroxylation is 1. The van der Waals surface area contributed by atoms with E-state index in [0.717, 1.165) is 22.9 Å². The van der Waals surface area contributed by atoms with Crippen molar-refractivity contribution >= 4 is 45.0 Å². The van der Waals surface area contributed by atoms with Gasteiger partial charge in [-0.05, 0) is 53.4 Å². The molecular formula is C14H14BrClN2O2. The SMILES string of the molecule is Cc1cc(Br)c(N2CC(=O)N3CCCC3C2=O)cc1Cl. The molecule has 0 aliphatic carbocycles. The number of carbonyl (C=O) groups excluding carboxylic acids is 2. The normalized spacial score (nSPS) is 22.4. The fourth-order valence-corrected chi connectivity index (χ4v) is 3.68. The minimum absolute atomic E-state index is 0.00991. The first-order valence-corrected chi connectivity index (χ1v) is 7.72.